The van der Waals surface area contributed by atoms with E-state index >= 15 is 0 Å². The first-order valence-electron chi connectivity index (χ1n) is 10.7. The van der Waals surface area contributed by atoms with Crippen LogP contribution in [0.15, 0.2) is 48.5 Å². The fourth-order valence-corrected chi connectivity index (χ4v) is 4.45. The number of morpholine rings is 1. The van der Waals surface area contributed by atoms with Gasteiger partial charge < -0.3 is 14.4 Å². The molecule has 0 amide bonds. The van der Waals surface area contributed by atoms with Gasteiger partial charge in [-0.3, -0.25) is 9.47 Å². The zero-order chi connectivity index (χ0) is 21.2. The number of benzene rings is 2. The maximum atomic E-state index is 5.95. The van der Waals surface area contributed by atoms with Crippen LogP contribution in [0.2, 0.25) is 0 Å². The van der Waals surface area contributed by atoms with Crippen molar-refractivity contribution in [3.05, 3.63) is 64.4 Å². The van der Waals surface area contributed by atoms with Gasteiger partial charge in [0.15, 0.2) is 0 Å². The molecule has 1 aromatic heterocycles. The van der Waals surface area contributed by atoms with Crippen molar-refractivity contribution in [2.24, 2.45) is 0 Å². The molecule has 3 aromatic rings. The summed E-state index contributed by atoms with van der Waals surface area (Å²) in [7, 11) is 0. The predicted octanol–water partition coefficient (Wildman–Crippen LogP) is 3.40. The fourth-order valence-electron chi connectivity index (χ4n) is 4.17. The van der Waals surface area contributed by atoms with Gasteiger partial charge in [0.25, 0.3) is 0 Å². The molecule has 0 N–H and O–H groups in total. The molecule has 0 spiro atoms. The van der Waals surface area contributed by atoms with Gasteiger partial charge in [0.1, 0.15) is 12.4 Å². The molecular formula is C23H27N5O2S. The predicted molar refractivity (Wildman–Crippen MR) is 123 cm³/mol. The first-order valence-corrected chi connectivity index (χ1v) is 11.1. The number of hydrogen-bond donors (Lipinski definition) is 0. The number of hydrogen-bond acceptors (Lipinski definition) is 6. The summed E-state index contributed by atoms with van der Waals surface area (Å²) in [6.45, 7) is 8.03. The Bertz CT molecular complexity index is 1120. The van der Waals surface area contributed by atoms with Gasteiger partial charge in [-0.15, -0.1) is 5.10 Å². The molecule has 2 aliphatic heterocycles. The van der Waals surface area contributed by atoms with Gasteiger partial charge in [0.2, 0.25) is 10.7 Å². The molecule has 2 aliphatic rings. The summed E-state index contributed by atoms with van der Waals surface area (Å²) >= 11 is 5.95. The second-order valence-corrected chi connectivity index (χ2v) is 8.32. The molecule has 8 heteroatoms. The normalized spacial score (nSPS) is 17.1. The Hall–Kier alpha value is -2.68. The third kappa shape index (κ3) is 4.11. The monoisotopic (exact) mass is 437 g/mol. The van der Waals surface area contributed by atoms with Gasteiger partial charge in [-0.2, -0.15) is 0 Å². The number of ether oxygens (including phenoxy) is 2. The van der Waals surface area contributed by atoms with Crippen LogP contribution in [-0.4, -0.2) is 58.7 Å². The van der Waals surface area contributed by atoms with E-state index < -0.39 is 0 Å². The highest BCUT2D eigenvalue weighted by atomic mass is 32.1. The summed E-state index contributed by atoms with van der Waals surface area (Å²) in [6.07, 6.45) is 0. The van der Waals surface area contributed by atoms with Gasteiger partial charge in [-0.25, -0.2) is 4.68 Å². The third-order valence-corrected chi connectivity index (χ3v) is 6.23. The van der Waals surface area contributed by atoms with Crippen LogP contribution in [0.1, 0.15) is 11.1 Å². The van der Waals surface area contributed by atoms with Gasteiger partial charge in [0, 0.05) is 31.7 Å². The average Bonchev–Trinajstić information content (AvgIpc) is 2.98. The standard InChI is InChI=1S/C23H27N5O2S/c1-18-6-2-4-8-20(18)28-22(26-11-13-29-14-12-26)24-27(23(28)31)17-25-10-15-30-21-9-5-3-7-19(21)16-25/h2-9H,10-17H2,1H3. The Kier molecular flexibility index (Phi) is 5.76. The van der Waals surface area contributed by atoms with E-state index in [0.29, 0.717) is 31.3 Å². The number of anilines is 1. The molecule has 162 valence electrons. The minimum atomic E-state index is 0.618. The van der Waals surface area contributed by atoms with Crippen LogP contribution in [-0.2, 0) is 18.0 Å². The van der Waals surface area contributed by atoms with Crippen LogP contribution in [0.25, 0.3) is 5.69 Å². The largest absolute Gasteiger partial charge is 0.492 e. The smallest absolute Gasteiger partial charge is 0.230 e. The van der Waals surface area contributed by atoms with Crippen molar-refractivity contribution in [3.8, 4) is 11.4 Å². The van der Waals surface area contributed by atoms with Crippen molar-refractivity contribution in [3.63, 3.8) is 0 Å². The van der Waals surface area contributed by atoms with E-state index in [1.165, 1.54) is 11.1 Å². The lowest BCUT2D eigenvalue weighted by molar-refractivity contribution is 0.121. The molecule has 0 radical (unpaired) electrons. The van der Waals surface area contributed by atoms with E-state index in [-0.39, 0.29) is 0 Å². The Labute approximate surface area is 187 Å². The topological polar surface area (TPSA) is 47.7 Å². The molecule has 31 heavy (non-hydrogen) atoms. The lowest BCUT2D eigenvalue weighted by atomic mass is 10.2. The van der Waals surface area contributed by atoms with E-state index in [1.54, 1.807) is 0 Å². The molecule has 7 nitrogen and oxygen atoms in total. The van der Waals surface area contributed by atoms with E-state index in [9.17, 15) is 0 Å². The maximum Gasteiger partial charge on any atom is 0.230 e. The van der Waals surface area contributed by atoms with Crippen molar-refractivity contribution < 1.29 is 9.47 Å². The minimum Gasteiger partial charge on any atom is -0.492 e. The zero-order valence-electron chi connectivity index (χ0n) is 17.7. The van der Waals surface area contributed by atoms with Crippen molar-refractivity contribution >= 4 is 18.2 Å². The van der Waals surface area contributed by atoms with Crippen molar-refractivity contribution in [2.75, 3.05) is 44.4 Å². The number of fused-ring (bicyclic) bond motifs is 1. The molecule has 0 aliphatic carbocycles. The number of rotatable bonds is 4. The second kappa shape index (κ2) is 8.82. The molecular weight excluding hydrogens is 410 g/mol. The van der Waals surface area contributed by atoms with Crippen LogP contribution in [0.5, 0.6) is 5.75 Å². The third-order valence-electron chi connectivity index (χ3n) is 5.84. The van der Waals surface area contributed by atoms with Crippen LogP contribution in [0.4, 0.5) is 5.95 Å². The minimum absolute atomic E-state index is 0.618. The summed E-state index contributed by atoms with van der Waals surface area (Å²) in [6, 6.07) is 16.6. The number of aromatic nitrogens is 3. The summed E-state index contributed by atoms with van der Waals surface area (Å²) in [5.74, 6) is 1.85. The molecule has 1 fully saturated rings. The Morgan fingerprint density at radius 3 is 2.58 bits per heavy atom. The highest BCUT2D eigenvalue weighted by Crippen LogP contribution is 2.25. The fraction of sp³-hybridized carbons (Fsp3) is 0.391. The quantitative estimate of drug-likeness (QED) is 0.583. The average molecular weight is 438 g/mol. The lowest BCUT2D eigenvalue weighted by Crippen LogP contribution is -2.38. The molecule has 0 unspecified atom stereocenters. The molecule has 1 saturated heterocycles. The van der Waals surface area contributed by atoms with E-state index in [1.807, 2.05) is 22.9 Å². The van der Waals surface area contributed by atoms with Gasteiger partial charge >= 0.3 is 0 Å². The van der Waals surface area contributed by atoms with Gasteiger partial charge in [0.05, 0.1) is 25.6 Å². The molecule has 0 atom stereocenters. The number of para-hydroxylation sites is 2. The van der Waals surface area contributed by atoms with Crippen LogP contribution in [0.3, 0.4) is 0 Å². The van der Waals surface area contributed by atoms with Crippen molar-refractivity contribution in [1.82, 2.24) is 19.2 Å². The zero-order valence-corrected chi connectivity index (χ0v) is 18.6. The summed E-state index contributed by atoms with van der Waals surface area (Å²) in [5.41, 5.74) is 3.44. The Balaban J connectivity index is 1.51. The van der Waals surface area contributed by atoms with Gasteiger partial charge in [-0.1, -0.05) is 36.4 Å². The Morgan fingerprint density at radius 1 is 0.968 bits per heavy atom. The van der Waals surface area contributed by atoms with Crippen LogP contribution >= 0.6 is 12.2 Å². The molecule has 5 rings (SSSR count). The first kappa shape index (κ1) is 20.2. The van der Waals surface area contributed by atoms with E-state index in [4.69, 9.17) is 26.8 Å². The molecule has 0 bridgehead atoms. The summed E-state index contributed by atoms with van der Waals surface area (Å²) < 4.78 is 16.3. The molecule has 2 aromatic carbocycles. The summed E-state index contributed by atoms with van der Waals surface area (Å²) in [5, 5.41) is 4.99. The highest BCUT2D eigenvalue weighted by Gasteiger charge is 2.23. The Morgan fingerprint density at radius 2 is 1.74 bits per heavy atom. The highest BCUT2D eigenvalue weighted by molar-refractivity contribution is 7.71. The van der Waals surface area contributed by atoms with Crippen LogP contribution in [0, 0.1) is 11.7 Å². The maximum absolute atomic E-state index is 5.95. The van der Waals surface area contributed by atoms with Crippen LogP contribution < -0.4 is 9.64 Å². The second-order valence-electron chi connectivity index (χ2n) is 7.95. The molecule has 0 saturated carbocycles. The molecule has 3 heterocycles. The number of nitrogens with zero attached hydrogens (tertiary/aromatic N) is 5. The van der Waals surface area contributed by atoms with E-state index in [2.05, 4.69) is 51.6 Å². The van der Waals surface area contributed by atoms with E-state index in [0.717, 1.165) is 43.6 Å². The van der Waals surface area contributed by atoms with Crippen molar-refractivity contribution in [1.29, 1.82) is 0 Å². The first-order chi connectivity index (χ1) is 15.2. The van der Waals surface area contributed by atoms with Gasteiger partial charge in [-0.05, 0) is 36.8 Å². The lowest BCUT2D eigenvalue weighted by Gasteiger charge is -2.28. The summed E-state index contributed by atoms with van der Waals surface area (Å²) in [4.78, 5) is 4.60. The van der Waals surface area contributed by atoms with Crippen molar-refractivity contribution in [2.45, 2.75) is 20.1 Å². The SMILES string of the molecule is Cc1ccccc1-n1c(N2CCOCC2)nn(CN2CCOc3ccccc3C2)c1=S. The number of aryl methyl sites for hydroxylation is 1.